The quantitative estimate of drug-likeness (QED) is 0.799. The summed E-state index contributed by atoms with van der Waals surface area (Å²) in [5.74, 6) is -0.176. The van der Waals surface area contributed by atoms with Gasteiger partial charge >= 0.3 is 5.97 Å². The van der Waals surface area contributed by atoms with Gasteiger partial charge in [-0.1, -0.05) is 23.7 Å². The van der Waals surface area contributed by atoms with Crippen molar-refractivity contribution >= 4 is 23.5 Å². The van der Waals surface area contributed by atoms with Gasteiger partial charge in [0.15, 0.2) is 6.61 Å². The maximum Gasteiger partial charge on any atom is 0.310 e. The van der Waals surface area contributed by atoms with Crippen LogP contribution in [0.4, 0.5) is 0 Å². The molecule has 0 saturated carbocycles. The Morgan fingerprint density at radius 1 is 1.38 bits per heavy atom. The van der Waals surface area contributed by atoms with Gasteiger partial charge in [-0.15, -0.1) is 0 Å². The number of benzene rings is 1. The predicted molar refractivity (Wildman–Crippen MR) is 78.3 cm³/mol. The van der Waals surface area contributed by atoms with E-state index in [0.29, 0.717) is 23.9 Å². The van der Waals surface area contributed by atoms with Crippen LogP contribution < -0.4 is 4.74 Å². The zero-order valence-electron chi connectivity index (χ0n) is 11.9. The smallest absolute Gasteiger partial charge is 0.310 e. The SMILES string of the molecule is COC(=O)[C@H]1CCCN(C(=O)COc2ccccc2Cl)C1. The van der Waals surface area contributed by atoms with E-state index in [4.69, 9.17) is 21.1 Å². The summed E-state index contributed by atoms with van der Waals surface area (Å²) in [5.41, 5.74) is 0. The van der Waals surface area contributed by atoms with Crippen molar-refractivity contribution in [2.45, 2.75) is 12.8 Å². The fourth-order valence-electron chi connectivity index (χ4n) is 2.36. The maximum absolute atomic E-state index is 12.1. The standard InChI is InChI=1S/C15H18ClNO4/c1-20-15(19)11-5-4-8-17(9-11)14(18)10-21-13-7-3-2-6-12(13)16/h2-3,6-7,11H,4-5,8-10H2,1H3/t11-/m0/s1. The monoisotopic (exact) mass is 311 g/mol. The zero-order valence-corrected chi connectivity index (χ0v) is 12.6. The predicted octanol–water partition coefficient (Wildman–Crippen LogP) is 2.13. The summed E-state index contributed by atoms with van der Waals surface area (Å²) in [4.78, 5) is 25.3. The van der Waals surface area contributed by atoms with E-state index in [1.54, 1.807) is 29.2 Å². The lowest BCUT2D eigenvalue weighted by Gasteiger charge is -2.31. The summed E-state index contributed by atoms with van der Waals surface area (Å²) in [5, 5.41) is 0.469. The molecule has 0 radical (unpaired) electrons. The number of ether oxygens (including phenoxy) is 2. The Hall–Kier alpha value is -1.75. The Kier molecular flexibility index (Phi) is 5.44. The van der Waals surface area contributed by atoms with Crippen LogP contribution in [-0.4, -0.2) is 43.6 Å². The minimum atomic E-state index is -0.264. The summed E-state index contributed by atoms with van der Waals surface area (Å²) in [7, 11) is 1.36. The first-order valence-electron chi connectivity index (χ1n) is 6.84. The number of piperidine rings is 1. The number of para-hydroxylation sites is 1. The number of carbonyl (C=O) groups is 2. The second-order valence-electron chi connectivity index (χ2n) is 4.92. The lowest BCUT2D eigenvalue weighted by molar-refractivity contribution is -0.149. The summed E-state index contributed by atoms with van der Waals surface area (Å²) in [6, 6.07) is 7.00. The normalized spacial score (nSPS) is 18.2. The van der Waals surface area contributed by atoms with E-state index < -0.39 is 0 Å². The van der Waals surface area contributed by atoms with E-state index in [-0.39, 0.29) is 24.4 Å². The number of carbonyl (C=O) groups excluding carboxylic acids is 2. The van der Waals surface area contributed by atoms with Gasteiger partial charge in [-0.2, -0.15) is 0 Å². The Bertz CT molecular complexity index is 520. The maximum atomic E-state index is 12.1. The third-order valence-corrected chi connectivity index (χ3v) is 3.81. The Labute approximate surface area is 128 Å². The van der Waals surface area contributed by atoms with Crippen LogP contribution in [0.3, 0.4) is 0 Å². The number of rotatable bonds is 4. The van der Waals surface area contributed by atoms with Crippen molar-refractivity contribution < 1.29 is 19.1 Å². The molecular formula is C15H18ClNO4. The van der Waals surface area contributed by atoms with Crippen LogP contribution in [0.5, 0.6) is 5.75 Å². The Balaban J connectivity index is 1.88. The molecule has 1 aliphatic rings. The minimum absolute atomic E-state index is 0.0857. The van der Waals surface area contributed by atoms with Crippen molar-refractivity contribution in [3.05, 3.63) is 29.3 Å². The van der Waals surface area contributed by atoms with Crippen LogP contribution in [-0.2, 0) is 14.3 Å². The fraction of sp³-hybridized carbons (Fsp3) is 0.467. The van der Waals surface area contributed by atoms with Crippen molar-refractivity contribution in [2.24, 2.45) is 5.92 Å². The number of nitrogens with zero attached hydrogens (tertiary/aromatic N) is 1. The van der Waals surface area contributed by atoms with Gasteiger partial charge in [0.05, 0.1) is 18.1 Å². The molecule has 0 unspecified atom stereocenters. The lowest BCUT2D eigenvalue weighted by atomic mass is 9.98. The Morgan fingerprint density at radius 3 is 2.86 bits per heavy atom. The molecule has 1 atom stereocenters. The number of methoxy groups -OCH3 is 1. The largest absolute Gasteiger partial charge is 0.482 e. The van der Waals surface area contributed by atoms with Crippen molar-refractivity contribution in [2.75, 3.05) is 26.8 Å². The molecule has 0 aromatic heterocycles. The van der Waals surface area contributed by atoms with Crippen molar-refractivity contribution in [3.63, 3.8) is 0 Å². The van der Waals surface area contributed by atoms with Gasteiger partial charge in [-0.25, -0.2) is 0 Å². The lowest BCUT2D eigenvalue weighted by Crippen LogP contribution is -2.44. The van der Waals surface area contributed by atoms with E-state index in [1.165, 1.54) is 7.11 Å². The van der Waals surface area contributed by atoms with Gasteiger partial charge in [0.25, 0.3) is 5.91 Å². The highest BCUT2D eigenvalue weighted by molar-refractivity contribution is 6.32. The summed E-state index contributed by atoms with van der Waals surface area (Å²) in [6.07, 6.45) is 1.54. The molecule has 6 heteroatoms. The highest BCUT2D eigenvalue weighted by atomic mass is 35.5. The van der Waals surface area contributed by atoms with Crippen molar-refractivity contribution in [3.8, 4) is 5.75 Å². The summed E-state index contributed by atoms with van der Waals surface area (Å²) in [6.45, 7) is 0.938. The van der Waals surface area contributed by atoms with E-state index in [0.717, 1.165) is 12.8 Å². The average molecular weight is 312 g/mol. The molecule has 0 bridgehead atoms. The third kappa shape index (κ3) is 4.11. The molecule has 1 aromatic carbocycles. The van der Waals surface area contributed by atoms with Crippen LogP contribution in [0.1, 0.15) is 12.8 Å². The van der Waals surface area contributed by atoms with Gasteiger partial charge in [0.1, 0.15) is 5.75 Å². The van der Waals surface area contributed by atoms with E-state index in [1.807, 2.05) is 0 Å². The summed E-state index contributed by atoms with van der Waals surface area (Å²) >= 11 is 5.97. The van der Waals surface area contributed by atoms with Gasteiger partial charge in [-0.3, -0.25) is 9.59 Å². The summed E-state index contributed by atoms with van der Waals surface area (Å²) < 4.78 is 10.2. The van der Waals surface area contributed by atoms with Gasteiger partial charge in [0.2, 0.25) is 0 Å². The second-order valence-corrected chi connectivity index (χ2v) is 5.33. The van der Waals surface area contributed by atoms with Crippen molar-refractivity contribution in [1.82, 2.24) is 4.90 Å². The Morgan fingerprint density at radius 2 is 2.14 bits per heavy atom. The molecule has 0 N–H and O–H groups in total. The first-order chi connectivity index (χ1) is 10.1. The molecule has 1 aliphatic heterocycles. The van der Waals surface area contributed by atoms with Crippen LogP contribution >= 0.6 is 11.6 Å². The van der Waals surface area contributed by atoms with E-state index in [2.05, 4.69) is 0 Å². The molecule has 21 heavy (non-hydrogen) atoms. The van der Waals surface area contributed by atoms with Crippen molar-refractivity contribution in [1.29, 1.82) is 0 Å². The number of amides is 1. The highest BCUT2D eigenvalue weighted by Gasteiger charge is 2.29. The molecule has 114 valence electrons. The molecule has 1 saturated heterocycles. The second kappa shape index (κ2) is 7.31. The zero-order chi connectivity index (χ0) is 15.2. The van der Waals surface area contributed by atoms with Crippen LogP contribution in [0.25, 0.3) is 0 Å². The first kappa shape index (κ1) is 15.6. The number of esters is 1. The molecule has 0 spiro atoms. The number of likely N-dealkylation sites (tertiary alicyclic amines) is 1. The van der Waals surface area contributed by atoms with E-state index in [9.17, 15) is 9.59 Å². The molecule has 1 amide bonds. The van der Waals surface area contributed by atoms with Gasteiger partial charge < -0.3 is 14.4 Å². The van der Waals surface area contributed by atoms with Gasteiger partial charge in [0, 0.05) is 13.1 Å². The molecule has 1 aromatic rings. The molecule has 2 rings (SSSR count). The van der Waals surface area contributed by atoms with Crippen LogP contribution in [0, 0.1) is 5.92 Å². The van der Waals surface area contributed by atoms with Crippen LogP contribution in [0.2, 0.25) is 5.02 Å². The topological polar surface area (TPSA) is 55.8 Å². The third-order valence-electron chi connectivity index (χ3n) is 3.50. The number of hydrogen-bond acceptors (Lipinski definition) is 4. The molecule has 1 fully saturated rings. The molecule has 5 nitrogen and oxygen atoms in total. The minimum Gasteiger partial charge on any atom is -0.482 e. The average Bonchev–Trinajstić information content (AvgIpc) is 2.53. The number of hydrogen-bond donors (Lipinski definition) is 0. The molecular weight excluding hydrogens is 294 g/mol. The first-order valence-corrected chi connectivity index (χ1v) is 7.22. The molecule has 1 heterocycles. The van der Waals surface area contributed by atoms with E-state index >= 15 is 0 Å². The molecule has 0 aliphatic carbocycles. The fourth-order valence-corrected chi connectivity index (χ4v) is 2.55. The number of halogens is 1. The van der Waals surface area contributed by atoms with Gasteiger partial charge in [-0.05, 0) is 25.0 Å². The van der Waals surface area contributed by atoms with Crippen LogP contribution in [0.15, 0.2) is 24.3 Å². The highest BCUT2D eigenvalue weighted by Crippen LogP contribution is 2.23.